The van der Waals surface area contributed by atoms with E-state index < -0.39 is 36.0 Å². The number of carboxylic acid groups (broad SMARTS) is 1. The Morgan fingerprint density at radius 3 is 2.47 bits per heavy atom. The molecule has 3 N–H and O–H groups in total. The highest BCUT2D eigenvalue weighted by Gasteiger charge is 2.34. The smallest absolute Gasteiger partial charge is 0.418 e. The van der Waals surface area contributed by atoms with Crippen LogP contribution in [0.1, 0.15) is 5.56 Å². The number of rotatable bonds is 3. The molecule has 1 aromatic rings. The molecule has 0 aliphatic heterocycles. The lowest BCUT2D eigenvalue weighted by atomic mass is 10.1. The molecule has 0 aliphatic carbocycles. The molecule has 19 heavy (non-hydrogen) atoms. The fourth-order valence-electron chi connectivity index (χ4n) is 1.18. The van der Waals surface area contributed by atoms with Gasteiger partial charge in [-0.25, -0.2) is 4.79 Å². The quantitative estimate of drug-likeness (QED) is 0.802. The van der Waals surface area contributed by atoms with Crippen LogP contribution >= 0.6 is 11.6 Å². The van der Waals surface area contributed by atoms with E-state index in [9.17, 15) is 22.8 Å². The topological polar surface area (TPSA) is 78.4 Å². The summed E-state index contributed by atoms with van der Waals surface area (Å²) in [6.07, 6.45) is -4.69. The molecule has 5 nitrogen and oxygen atoms in total. The third-order valence-corrected chi connectivity index (χ3v) is 2.17. The van der Waals surface area contributed by atoms with Crippen LogP contribution in [0.2, 0.25) is 5.02 Å². The Hall–Kier alpha value is -1.96. The van der Waals surface area contributed by atoms with Crippen molar-refractivity contribution in [3.8, 4) is 0 Å². The molecule has 0 spiro atoms. The number of urea groups is 1. The number of carboxylic acids is 1. The van der Waals surface area contributed by atoms with E-state index in [0.29, 0.717) is 6.07 Å². The van der Waals surface area contributed by atoms with Crippen LogP contribution in [0.5, 0.6) is 0 Å². The largest absolute Gasteiger partial charge is 0.480 e. The second kappa shape index (κ2) is 5.79. The predicted octanol–water partition coefficient (Wildman–Crippen LogP) is 2.56. The Bertz CT molecular complexity index is 505. The van der Waals surface area contributed by atoms with Gasteiger partial charge in [-0.1, -0.05) is 11.6 Å². The van der Waals surface area contributed by atoms with E-state index in [2.05, 4.69) is 0 Å². The first-order chi connectivity index (χ1) is 8.70. The molecule has 0 radical (unpaired) electrons. The summed E-state index contributed by atoms with van der Waals surface area (Å²) in [5.74, 6) is -1.32. The van der Waals surface area contributed by atoms with Gasteiger partial charge in [0.2, 0.25) is 0 Å². The molecular formula is C10H8ClF3N2O3. The minimum atomic E-state index is -4.69. The highest BCUT2D eigenvalue weighted by molar-refractivity contribution is 6.30. The van der Waals surface area contributed by atoms with Crippen molar-refractivity contribution >= 4 is 29.3 Å². The summed E-state index contributed by atoms with van der Waals surface area (Å²) in [6.45, 7) is -0.708. The van der Waals surface area contributed by atoms with Gasteiger partial charge in [0.05, 0.1) is 11.3 Å². The average molecular weight is 297 g/mol. The monoisotopic (exact) mass is 296 g/mol. The fraction of sp³-hybridized carbons (Fsp3) is 0.200. The standard InChI is InChI=1S/C10H8ClF3N2O3/c11-5-1-2-7(6(3-5)10(12,13)14)16-9(19)15-4-8(17)18/h1-3H,4H2,(H,17,18)(H2,15,16,19). The summed E-state index contributed by atoms with van der Waals surface area (Å²) >= 11 is 5.46. The first-order valence-electron chi connectivity index (χ1n) is 4.83. The minimum absolute atomic E-state index is 0.135. The molecule has 0 saturated carbocycles. The van der Waals surface area contributed by atoms with Crippen LogP contribution in [0.4, 0.5) is 23.7 Å². The maximum absolute atomic E-state index is 12.7. The summed E-state index contributed by atoms with van der Waals surface area (Å²) in [7, 11) is 0. The minimum Gasteiger partial charge on any atom is -0.480 e. The Balaban J connectivity index is 2.89. The van der Waals surface area contributed by atoms with Crippen LogP contribution in [0.15, 0.2) is 18.2 Å². The summed E-state index contributed by atoms with van der Waals surface area (Å²) in [5.41, 5.74) is -1.63. The van der Waals surface area contributed by atoms with Crippen molar-refractivity contribution in [2.24, 2.45) is 0 Å². The number of anilines is 1. The Labute approximate surface area is 110 Å². The van der Waals surface area contributed by atoms with Crippen molar-refractivity contribution < 1.29 is 27.9 Å². The Kier molecular flexibility index (Phi) is 4.60. The van der Waals surface area contributed by atoms with Crippen molar-refractivity contribution in [3.05, 3.63) is 28.8 Å². The van der Waals surface area contributed by atoms with E-state index in [-0.39, 0.29) is 5.02 Å². The molecule has 104 valence electrons. The highest BCUT2D eigenvalue weighted by atomic mass is 35.5. The van der Waals surface area contributed by atoms with Crippen molar-refractivity contribution in [2.45, 2.75) is 6.18 Å². The number of halogens is 4. The first kappa shape index (κ1) is 15.1. The maximum atomic E-state index is 12.7. The van der Waals surface area contributed by atoms with Gasteiger partial charge in [0, 0.05) is 5.02 Å². The Morgan fingerprint density at radius 2 is 1.95 bits per heavy atom. The van der Waals surface area contributed by atoms with Crippen molar-refractivity contribution in [1.29, 1.82) is 0 Å². The zero-order chi connectivity index (χ0) is 14.6. The molecule has 0 unspecified atom stereocenters. The summed E-state index contributed by atoms with van der Waals surface area (Å²) < 4.78 is 38.0. The van der Waals surface area contributed by atoms with Gasteiger partial charge in [-0.3, -0.25) is 4.79 Å². The van der Waals surface area contributed by atoms with E-state index in [1.54, 1.807) is 0 Å². The van der Waals surface area contributed by atoms with Gasteiger partial charge in [-0.05, 0) is 18.2 Å². The van der Waals surface area contributed by atoms with Crippen LogP contribution in [0.25, 0.3) is 0 Å². The van der Waals surface area contributed by atoms with Crippen LogP contribution in [0, 0.1) is 0 Å². The van der Waals surface area contributed by atoms with E-state index in [4.69, 9.17) is 16.7 Å². The summed E-state index contributed by atoms with van der Waals surface area (Å²) in [4.78, 5) is 21.4. The number of benzene rings is 1. The lowest BCUT2D eigenvalue weighted by Gasteiger charge is -2.14. The molecule has 1 rings (SSSR count). The normalized spacial score (nSPS) is 10.9. The molecule has 0 saturated heterocycles. The van der Waals surface area contributed by atoms with Gasteiger partial charge in [0.25, 0.3) is 0 Å². The number of hydrogen-bond donors (Lipinski definition) is 3. The number of alkyl halides is 3. The summed E-state index contributed by atoms with van der Waals surface area (Å²) in [5, 5.41) is 12.0. The van der Waals surface area contributed by atoms with Crippen LogP contribution < -0.4 is 10.6 Å². The van der Waals surface area contributed by atoms with Gasteiger partial charge >= 0.3 is 18.2 Å². The number of carbonyl (C=O) groups is 2. The lowest BCUT2D eigenvalue weighted by Crippen LogP contribution is -2.33. The molecule has 9 heteroatoms. The second-order valence-corrected chi connectivity index (χ2v) is 3.83. The highest BCUT2D eigenvalue weighted by Crippen LogP contribution is 2.36. The van der Waals surface area contributed by atoms with Crippen molar-refractivity contribution in [1.82, 2.24) is 5.32 Å². The third kappa shape index (κ3) is 4.66. The first-order valence-corrected chi connectivity index (χ1v) is 5.21. The predicted molar refractivity (Wildman–Crippen MR) is 61.1 cm³/mol. The van der Waals surface area contributed by atoms with Gasteiger partial charge in [-0.15, -0.1) is 0 Å². The van der Waals surface area contributed by atoms with Gasteiger partial charge < -0.3 is 15.7 Å². The van der Waals surface area contributed by atoms with E-state index >= 15 is 0 Å². The number of hydrogen-bond acceptors (Lipinski definition) is 2. The van der Waals surface area contributed by atoms with Gasteiger partial charge in [-0.2, -0.15) is 13.2 Å². The zero-order valence-corrected chi connectivity index (χ0v) is 9.97. The van der Waals surface area contributed by atoms with Crippen LogP contribution in [-0.2, 0) is 11.0 Å². The van der Waals surface area contributed by atoms with Crippen LogP contribution in [-0.4, -0.2) is 23.7 Å². The average Bonchev–Trinajstić information content (AvgIpc) is 2.27. The van der Waals surface area contributed by atoms with Crippen LogP contribution in [0.3, 0.4) is 0 Å². The van der Waals surface area contributed by atoms with Crippen molar-refractivity contribution in [2.75, 3.05) is 11.9 Å². The number of aliphatic carboxylic acids is 1. The molecule has 0 heterocycles. The molecule has 1 aromatic carbocycles. The molecule has 2 amide bonds. The molecule has 0 atom stereocenters. The zero-order valence-electron chi connectivity index (χ0n) is 9.21. The summed E-state index contributed by atoms with van der Waals surface area (Å²) in [6, 6.07) is 1.75. The second-order valence-electron chi connectivity index (χ2n) is 3.39. The fourth-order valence-corrected chi connectivity index (χ4v) is 1.35. The van der Waals surface area contributed by atoms with Gasteiger partial charge in [0.1, 0.15) is 6.54 Å². The molecule has 0 bridgehead atoms. The number of amides is 2. The molecule has 0 fully saturated rings. The maximum Gasteiger partial charge on any atom is 0.418 e. The van der Waals surface area contributed by atoms with Gasteiger partial charge in [0.15, 0.2) is 0 Å². The SMILES string of the molecule is O=C(O)CNC(=O)Nc1ccc(Cl)cc1C(F)(F)F. The van der Waals surface area contributed by atoms with E-state index in [1.165, 1.54) is 6.07 Å². The molecular weight excluding hydrogens is 289 g/mol. The number of nitrogens with one attached hydrogen (secondary N) is 2. The van der Waals surface area contributed by atoms with Crippen molar-refractivity contribution in [3.63, 3.8) is 0 Å². The van der Waals surface area contributed by atoms with E-state index in [0.717, 1.165) is 6.07 Å². The molecule has 0 aliphatic rings. The Morgan fingerprint density at radius 1 is 1.32 bits per heavy atom. The van der Waals surface area contributed by atoms with E-state index in [1.807, 2.05) is 10.6 Å². The molecule has 0 aromatic heterocycles. The lowest BCUT2D eigenvalue weighted by molar-refractivity contribution is -0.137. The third-order valence-electron chi connectivity index (χ3n) is 1.94. The number of carbonyl (C=O) groups excluding carboxylic acids is 1.